The average molecular weight is 258 g/mol. The fourth-order valence-electron chi connectivity index (χ4n) is 1.13. The zero-order chi connectivity index (χ0) is 10.6. The molecule has 78 valence electrons. The molecule has 2 nitrogen and oxygen atoms in total. The molecule has 1 rings (SSSR count). The molecule has 1 unspecified atom stereocenters. The first-order valence-electron chi connectivity index (χ1n) is 4.72. The van der Waals surface area contributed by atoms with Crippen LogP contribution in [0.3, 0.4) is 0 Å². The summed E-state index contributed by atoms with van der Waals surface area (Å²) in [5, 5.41) is 0. The van der Waals surface area contributed by atoms with Gasteiger partial charge in [-0.15, -0.1) is 0 Å². The van der Waals surface area contributed by atoms with Crippen molar-refractivity contribution < 1.29 is 4.74 Å². The van der Waals surface area contributed by atoms with Crippen LogP contribution in [0.25, 0.3) is 0 Å². The Hall–Kier alpha value is -0.380. The van der Waals surface area contributed by atoms with Crippen molar-refractivity contribution in [2.24, 2.45) is 5.73 Å². The molecule has 0 amide bonds. The third-order valence-corrected chi connectivity index (χ3v) is 2.38. The SMILES string of the molecule is CC(C)OCC(N)c1cccc(Br)c1. The normalized spacial score (nSPS) is 13.2. The molecule has 14 heavy (non-hydrogen) atoms. The minimum absolute atomic E-state index is 0.0464. The summed E-state index contributed by atoms with van der Waals surface area (Å²) in [6.07, 6.45) is 0.230. The molecule has 0 fully saturated rings. The molecule has 0 aliphatic heterocycles. The minimum atomic E-state index is -0.0464. The highest BCUT2D eigenvalue weighted by Crippen LogP contribution is 2.17. The molecule has 0 radical (unpaired) electrons. The molecule has 0 heterocycles. The highest BCUT2D eigenvalue weighted by Gasteiger charge is 2.06. The van der Waals surface area contributed by atoms with Crippen LogP contribution in [0, 0.1) is 0 Å². The van der Waals surface area contributed by atoms with Crippen molar-refractivity contribution in [1.82, 2.24) is 0 Å². The molecule has 0 saturated carbocycles. The van der Waals surface area contributed by atoms with Gasteiger partial charge in [-0.05, 0) is 31.5 Å². The summed E-state index contributed by atoms with van der Waals surface area (Å²) in [5.74, 6) is 0. The lowest BCUT2D eigenvalue weighted by Crippen LogP contribution is -2.19. The highest BCUT2D eigenvalue weighted by molar-refractivity contribution is 9.10. The summed E-state index contributed by atoms with van der Waals surface area (Å²) in [5.41, 5.74) is 7.06. The van der Waals surface area contributed by atoms with Crippen LogP contribution in [-0.4, -0.2) is 12.7 Å². The topological polar surface area (TPSA) is 35.2 Å². The zero-order valence-corrected chi connectivity index (χ0v) is 10.1. The second kappa shape index (κ2) is 5.49. The van der Waals surface area contributed by atoms with E-state index < -0.39 is 0 Å². The van der Waals surface area contributed by atoms with Crippen molar-refractivity contribution >= 4 is 15.9 Å². The third kappa shape index (κ3) is 3.78. The first kappa shape index (κ1) is 11.7. The molecular formula is C11H16BrNO. The zero-order valence-electron chi connectivity index (χ0n) is 8.53. The number of ether oxygens (including phenoxy) is 1. The number of halogens is 1. The highest BCUT2D eigenvalue weighted by atomic mass is 79.9. The Bertz CT molecular complexity index is 288. The van der Waals surface area contributed by atoms with Gasteiger partial charge in [-0.3, -0.25) is 0 Å². The van der Waals surface area contributed by atoms with E-state index in [1.54, 1.807) is 0 Å². The molecule has 0 spiro atoms. The Labute approximate surface area is 93.6 Å². The molecule has 0 saturated heterocycles. The molecule has 1 aromatic rings. The summed E-state index contributed by atoms with van der Waals surface area (Å²) < 4.78 is 6.51. The molecule has 0 aromatic heterocycles. The standard InChI is InChI=1S/C11H16BrNO/c1-8(2)14-7-11(13)9-4-3-5-10(12)6-9/h3-6,8,11H,7,13H2,1-2H3. The summed E-state index contributed by atoms with van der Waals surface area (Å²) >= 11 is 3.41. The molecule has 0 aliphatic carbocycles. The molecule has 2 N–H and O–H groups in total. The van der Waals surface area contributed by atoms with E-state index >= 15 is 0 Å². The Morgan fingerprint density at radius 3 is 2.71 bits per heavy atom. The van der Waals surface area contributed by atoms with E-state index in [1.807, 2.05) is 38.1 Å². The van der Waals surface area contributed by atoms with E-state index in [-0.39, 0.29) is 12.1 Å². The lowest BCUT2D eigenvalue weighted by molar-refractivity contribution is 0.0683. The molecule has 1 atom stereocenters. The molecule has 3 heteroatoms. The monoisotopic (exact) mass is 257 g/mol. The number of hydrogen-bond acceptors (Lipinski definition) is 2. The first-order chi connectivity index (χ1) is 6.59. The van der Waals surface area contributed by atoms with Gasteiger partial charge in [0.05, 0.1) is 18.8 Å². The van der Waals surface area contributed by atoms with E-state index in [4.69, 9.17) is 10.5 Å². The van der Waals surface area contributed by atoms with Crippen LogP contribution in [-0.2, 0) is 4.74 Å². The second-order valence-corrected chi connectivity index (χ2v) is 4.46. The largest absolute Gasteiger partial charge is 0.377 e. The van der Waals surface area contributed by atoms with Gasteiger partial charge >= 0.3 is 0 Å². The van der Waals surface area contributed by atoms with Crippen molar-refractivity contribution in [3.8, 4) is 0 Å². The van der Waals surface area contributed by atoms with Crippen molar-refractivity contribution in [2.45, 2.75) is 26.0 Å². The van der Waals surface area contributed by atoms with E-state index in [1.165, 1.54) is 0 Å². The summed E-state index contributed by atoms with van der Waals surface area (Å²) in [6.45, 7) is 4.58. The van der Waals surface area contributed by atoms with Crippen LogP contribution in [0.5, 0.6) is 0 Å². The van der Waals surface area contributed by atoms with Crippen molar-refractivity contribution in [2.75, 3.05) is 6.61 Å². The second-order valence-electron chi connectivity index (χ2n) is 3.54. The third-order valence-electron chi connectivity index (χ3n) is 1.89. The van der Waals surface area contributed by atoms with Crippen molar-refractivity contribution in [3.05, 3.63) is 34.3 Å². The van der Waals surface area contributed by atoms with E-state index in [2.05, 4.69) is 15.9 Å². The minimum Gasteiger partial charge on any atom is -0.377 e. The lowest BCUT2D eigenvalue weighted by atomic mass is 10.1. The van der Waals surface area contributed by atoms with Gasteiger partial charge in [0.15, 0.2) is 0 Å². The Morgan fingerprint density at radius 2 is 2.14 bits per heavy atom. The number of hydrogen-bond donors (Lipinski definition) is 1. The Morgan fingerprint density at radius 1 is 1.43 bits per heavy atom. The van der Waals surface area contributed by atoms with Gasteiger partial charge in [0.2, 0.25) is 0 Å². The number of benzene rings is 1. The van der Waals surface area contributed by atoms with Crippen LogP contribution in [0.15, 0.2) is 28.7 Å². The average Bonchev–Trinajstić information content (AvgIpc) is 2.14. The van der Waals surface area contributed by atoms with Crippen LogP contribution in [0.1, 0.15) is 25.5 Å². The van der Waals surface area contributed by atoms with Gasteiger partial charge in [-0.2, -0.15) is 0 Å². The van der Waals surface area contributed by atoms with Crippen LogP contribution < -0.4 is 5.73 Å². The van der Waals surface area contributed by atoms with Crippen molar-refractivity contribution in [1.29, 1.82) is 0 Å². The summed E-state index contributed by atoms with van der Waals surface area (Å²) in [4.78, 5) is 0. The van der Waals surface area contributed by atoms with Gasteiger partial charge in [-0.25, -0.2) is 0 Å². The van der Waals surface area contributed by atoms with Gasteiger partial charge in [0.1, 0.15) is 0 Å². The predicted molar refractivity (Wildman–Crippen MR) is 62.2 cm³/mol. The van der Waals surface area contributed by atoms with E-state index in [0.29, 0.717) is 6.61 Å². The predicted octanol–water partition coefficient (Wildman–Crippen LogP) is 2.87. The molecule has 0 aliphatic rings. The quantitative estimate of drug-likeness (QED) is 0.901. The maximum Gasteiger partial charge on any atom is 0.0662 e. The van der Waals surface area contributed by atoms with E-state index in [0.717, 1.165) is 10.0 Å². The Kier molecular flexibility index (Phi) is 4.58. The summed E-state index contributed by atoms with van der Waals surface area (Å²) in [7, 11) is 0. The van der Waals surface area contributed by atoms with Gasteiger partial charge in [0.25, 0.3) is 0 Å². The Balaban J connectivity index is 2.56. The van der Waals surface area contributed by atoms with Crippen LogP contribution in [0.2, 0.25) is 0 Å². The number of rotatable bonds is 4. The van der Waals surface area contributed by atoms with Gasteiger partial charge < -0.3 is 10.5 Å². The lowest BCUT2D eigenvalue weighted by Gasteiger charge is -2.14. The van der Waals surface area contributed by atoms with Gasteiger partial charge in [0, 0.05) is 4.47 Å². The molecular weight excluding hydrogens is 242 g/mol. The van der Waals surface area contributed by atoms with Crippen LogP contribution in [0.4, 0.5) is 0 Å². The maximum atomic E-state index is 5.97. The van der Waals surface area contributed by atoms with Crippen molar-refractivity contribution in [3.63, 3.8) is 0 Å². The summed E-state index contributed by atoms with van der Waals surface area (Å²) in [6, 6.07) is 7.96. The van der Waals surface area contributed by atoms with Gasteiger partial charge in [-0.1, -0.05) is 28.1 Å². The smallest absolute Gasteiger partial charge is 0.0662 e. The fraction of sp³-hybridized carbons (Fsp3) is 0.455. The number of nitrogens with two attached hydrogens (primary N) is 1. The first-order valence-corrected chi connectivity index (χ1v) is 5.51. The van der Waals surface area contributed by atoms with E-state index in [9.17, 15) is 0 Å². The maximum absolute atomic E-state index is 5.97. The van der Waals surface area contributed by atoms with Crippen LogP contribution >= 0.6 is 15.9 Å². The molecule has 1 aromatic carbocycles. The fourth-order valence-corrected chi connectivity index (χ4v) is 1.55. The molecule has 0 bridgehead atoms.